The maximum atomic E-state index is 4.45. The molecule has 0 aliphatic carbocycles. The van der Waals surface area contributed by atoms with Crippen molar-refractivity contribution in [3.63, 3.8) is 0 Å². The standard InChI is InChI=1S/C13H20N4/c1-5-13(3,4)9-14-12-15-11-8-10(2)6-7-17(11)16-12/h6-8H,5,9H2,1-4H3,(H,14,16). The summed E-state index contributed by atoms with van der Waals surface area (Å²) in [6.07, 6.45) is 3.07. The summed E-state index contributed by atoms with van der Waals surface area (Å²) in [6.45, 7) is 9.61. The Balaban J connectivity index is 2.15. The average molecular weight is 232 g/mol. The minimum Gasteiger partial charge on any atom is -0.352 e. The van der Waals surface area contributed by atoms with Crippen molar-refractivity contribution in [1.29, 1.82) is 0 Å². The molecule has 0 bridgehead atoms. The van der Waals surface area contributed by atoms with Crippen molar-refractivity contribution in [2.24, 2.45) is 5.41 Å². The van der Waals surface area contributed by atoms with Crippen LogP contribution >= 0.6 is 0 Å². The van der Waals surface area contributed by atoms with E-state index >= 15 is 0 Å². The molecular formula is C13H20N4. The fraction of sp³-hybridized carbons (Fsp3) is 0.538. The number of anilines is 1. The Morgan fingerprint density at radius 2 is 2.18 bits per heavy atom. The van der Waals surface area contributed by atoms with Gasteiger partial charge >= 0.3 is 0 Å². The molecule has 2 heterocycles. The van der Waals surface area contributed by atoms with Gasteiger partial charge < -0.3 is 5.32 Å². The maximum absolute atomic E-state index is 4.45. The van der Waals surface area contributed by atoms with Crippen molar-refractivity contribution in [2.45, 2.75) is 34.1 Å². The fourth-order valence-electron chi connectivity index (χ4n) is 1.50. The van der Waals surface area contributed by atoms with Gasteiger partial charge in [-0.15, -0.1) is 5.10 Å². The zero-order valence-corrected chi connectivity index (χ0v) is 11.0. The van der Waals surface area contributed by atoms with E-state index in [0.717, 1.165) is 18.6 Å². The molecule has 0 atom stereocenters. The second kappa shape index (κ2) is 4.35. The summed E-state index contributed by atoms with van der Waals surface area (Å²) in [7, 11) is 0. The Morgan fingerprint density at radius 3 is 2.88 bits per heavy atom. The first-order valence-electron chi connectivity index (χ1n) is 6.07. The predicted octanol–water partition coefficient (Wildman–Crippen LogP) is 2.89. The van der Waals surface area contributed by atoms with Gasteiger partial charge in [0.1, 0.15) is 0 Å². The van der Waals surface area contributed by atoms with Crippen LogP contribution in [0.5, 0.6) is 0 Å². The van der Waals surface area contributed by atoms with Gasteiger partial charge in [-0.05, 0) is 36.5 Å². The highest BCUT2D eigenvalue weighted by Crippen LogP contribution is 2.19. The Hall–Kier alpha value is -1.58. The molecule has 0 saturated carbocycles. The van der Waals surface area contributed by atoms with E-state index in [9.17, 15) is 0 Å². The molecule has 4 nitrogen and oxygen atoms in total. The molecule has 92 valence electrons. The number of hydrogen-bond donors (Lipinski definition) is 1. The number of rotatable bonds is 4. The van der Waals surface area contributed by atoms with Crippen LogP contribution in [-0.2, 0) is 0 Å². The van der Waals surface area contributed by atoms with Crippen molar-refractivity contribution in [3.8, 4) is 0 Å². The van der Waals surface area contributed by atoms with Crippen molar-refractivity contribution in [3.05, 3.63) is 23.9 Å². The van der Waals surface area contributed by atoms with E-state index < -0.39 is 0 Å². The molecule has 17 heavy (non-hydrogen) atoms. The van der Waals surface area contributed by atoms with Gasteiger partial charge in [-0.1, -0.05) is 20.8 Å². The molecule has 0 aromatic carbocycles. The van der Waals surface area contributed by atoms with Gasteiger partial charge in [0.25, 0.3) is 0 Å². The molecule has 0 spiro atoms. The predicted molar refractivity (Wildman–Crippen MR) is 70.3 cm³/mol. The van der Waals surface area contributed by atoms with Crippen molar-refractivity contribution in [1.82, 2.24) is 14.6 Å². The van der Waals surface area contributed by atoms with Gasteiger partial charge in [-0.2, -0.15) is 4.98 Å². The van der Waals surface area contributed by atoms with Gasteiger partial charge in [-0.3, -0.25) is 0 Å². The molecule has 2 rings (SSSR count). The molecule has 0 aliphatic heterocycles. The topological polar surface area (TPSA) is 42.2 Å². The van der Waals surface area contributed by atoms with Crippen LogP contribution in [0.1, 0.15) is 32.8 Å². The molecule has 4 heteroatoms. The van der Waals surface area contributed by atoms with Crippen molar-refractivity contribution < 1.29 is 0 Å². The lowest BCUT2D eigenvalue weighted by Crippen LogP contribution is -2.22. The first-order chi connectivity index (χ1) is 8.00. The number of pyridine rings is 1. The number of aryl methyl sites for hydroxylation is 1. The summed E-state index contributed by atoms with van der Waals surface area (Å²) in [4.78, 5) is 4.45. The van der Waals surface area contributed by atoms with E-state index in [1.54, 1.807) is 4.52 Å². The Kier molecular flexibility index (Phi) is 3.05. The number of aromatic nitrogens is 3. The van der Waals surface area contributed by atoms with Crippen molar-refractivity contribution >= 4 is 11.6 Å². The highest BCUT2D eigenvalue weighted by Gasteiger charge is 2.15. The quantitative estimate of drug-likeness (QED) is 0.881. The second-order valence-corrected chi connectivity index (χ2v) is 5.31. The largest absolute Gasteiger partial charge is 0.352 e. The van der Waals surface area contributed by atoms with Crippen LogP contribution in [0.3, 0.4) is 0 Å². The first kappa shape index (κ1) is 11.9. The van der Waals surface area contributed by atoms with E-state index in [1.807, 2.05) is 18.3 Å². The lowest BCUT2D eigenvalue weighted by Gasteiger charge is -2.22. The summed E-state index contributed by atoms with van der Waals surface area (Å²) in [5.41, 5.74) is 2.36. The summed E-state index contributed by atoms with van der Waals surface area (Å²) in [5.74, 6) is 0.706. The normalized spacial score (nSPS) is 12.0. The SMILES string of the molecule is CCC(C)(C)CNc1nc2cc(C)ccn2n1. The molecule has 0 fully saturated rings. The average Bonchev–Trinajstić information content (AvgIpc) is 2.68. The lowest BCUT2D eigenvalue weighted by atomic mass is 9.90. The van der Waals surface area contributed by atoms with Crippen LogP contribution in [0.2, 0.25) is 0 Å². The molecule has 2 aromatic rings. The number of nitrogens with one attached hydrogen (secondary N) is 1. The molecule has 0 saturated heterocycles. The minimum absolute atomic E-state index is 0.271. The van der Waals surface area contributed by atoms with Gasteiger partial charge in [0.05, 0.1) is 0 Å². The molecule has 0 aliphatic rings. The third-order valence-corrected chi connectivity index (χ3v) is 3.18. The third kappa shape index (κ3) is 2.75. The zero-order chi connectivity index (χ0) is 12.5. The van der Waals surface area contributed by atoms with Gasteiger partial charge in [0, 0.05) is 12.7 Å². The second-order valence-electron chi connectivity index (χ2n) is 5.31. The monoisotopic (exact) mass is 232 g/mol. The molecule has 1 N–H and O–H groups in total. The molecule has 0 amide bonds. The number of nitrogens with zero attached hydrogens (tertiary/aromatic N) is 3. The van der Waals surface area contributed by atoms with Gasteiger partial charge in [0.15, 0.2) is 5.65 Å². The summed E-state index contributed by atoms with van der Waals surface area (Å²) < 4.78 is 1.80. The highest BCUT2D eigenvalue weighted by atomic mass is 15.3. The van der Waals surface area contributed by atoms with Crippen LogP contribution in [0.15, 0.2) is 18.3 Å². The van der Waals surface area contributed by atoms with E-state index in [-0.39, 0.29) is 5.41 Å². The number of fused-ring (bicyclic) bond motifs is 1. The van der Waals surface area contributed by atoms with Crippen molar-refractivity contribution in [2.75, 3.05) is 11.9 Å². The zero-order valence-electron chi connectivity index (χ0n) is 11.0. The third-order valence-electron chi connectivity index (χ3n) is 3.18. The first-order valence-corrected chi connectivity index (χ1v) is 6.07. The van der Waals surface area contributed by atoms with E-state index in [1.165, 1.54) is 5.56 Å². The molecule has 2 aromatic heterocycles. The molecule has 0 unspecified atom stereocenters. The van der Waals surface area contributed by atoms with E-state index in [4.69, 9.17) is 0 Å². The van der Waals surface area contributed by atoms with Crippen LogP contribution < -0.4 is 5.32 Å². The van der Waals surface area contributed by atoms with E-state index in [2.05, 4.69) is 43.1 Å². The van der Waals surface area contributed by atoms with Crippen LogP contribution in [0, 0.1) is 12.3 Å². The van der Waals surface area contributed by atoms with Gasteiger partial charge in [0.2, 0.25) is 5.95 Å². The van der Waals surface area contributed by atoms with Gasteiger partial charge in [-0.25, -0.2) is 4.52 Å². The Morgan fingerprint density at radius 1 is 1.41 bits per heavy atom. The Bertz CT molecular complexity index is 513. The van der Waals surface area contributed by atoms with Crippen LogP contribution in [-0.4, -0.2) is 21.1 Å². The lowest BCUT2D eigenvalue weighted by molar-refractivity contribution is 0.376. The fourth-order valence-corrected chi connectivity index (χ4v) is 1.50. The molecule has 0 radical (unpaired) electrons. The van der Waals surface area contributed by atoms with Crippen LogP contribution in [0.25, 0.3) is 5.65 Å². The number of hydrogen-bond acceptors (Lipinski definition) is 3. The Labute approximate surface area is 102 Å². The smallest absolute Gasteiger partial charge is 0.243 e. The maximum Gasteiger partial charge on any atom is 0.243 e. The minimum atomic E-state index is 0.271. The van der Waals surface area contributed by atoms with E-state index in [0.29, 0.717) is 5.95 Å². The summed E-state index contributed by atoms with van der Waals surface area (Å²) in [6, 6.07) is 4.06. The summed E-state index contributed by atoms with van der Waals surface area (Å²) >= 11 is 0. The molecular weight excluding hydrogens is 212 g/mol. The summed E-state index contributed by atoms with van der Waals surface area (Å²) in [5, 5.41) is 7.69. The van der Waals surface area contributed by atoms with Crippen LogP contribution in [0.4, 0.5) is 5.95 Å². The highest BCUT2D eigenvalue weighted by molar-refractivity contribution is 5.45.